The van der Waals surface area contributed by atoms with Gasteiger partial charge in [-0.1, -0.05) is 0 Å². The molecule has 0 amide bonds. The van der Waals surface area contributed by atoms with Gasteiger partial charge in [-0.2, -0.15) is 0 Å². The highest BCUT2D eigenvalue weighted by Crippen LogP contribution is 2.46. The Morgan fingerprint density at radius 2 is 1.82 bits per heavy atom. The minimum absolute atomic E-state index is 0.226. The molecule has 1 aliphatic heterocycles. The van der Waals surface area contributed by atoms with E-state index in [-0.39, 0.29) is 12.2 Å². The van der Waals surface area contributed by atoms with Crippen LogP contribution in [0.25, 0.3) is 11.2 Å². The van der Waals surface area contributed by atoms with Gasteiger partial charge in [0.1, 0.15) is 17.4 Å². The van der Waals surface area contributed by atoms with Crippen molar-refractivity contribution < 1.29 is 23.7 Å². The molecule has 0 aliphatic carbocycles. The molecule has 33 heavy (non-hydrogen) atoms. The van der Waals surface area contributed by atoms with Gasteiger partial charge in [0.2, 0.25) is 11.6 Å². The summed E-state index contributed by atoms with van der Waals surface area (Å²) in [7, 11) is 4.81. The second kappa shape index (κ2) is 8.50. The van der Waals surface area contributed by atoms with Gasteiger partial charge in [-0.25, -0.2) is 15.0 Å². The first-order chi connectivity index (χ1) is 16.1. The molecule has 3 aromatic heterocycles. The molecule has 0 spiro atoms. The Hall–Kier alpha value is -4.01. The molecule has 9 nitrogen and oxygen atoms in total. The molecular formula is C24H24N4O5. The number of rotatable bonds is 6. The molecule has 1 aromatic carbocycles. The summed E-state index contributed by atoms with van der Waals surface area (Å²) in [6.45, 7) is 2.51. The fourth-order valence-electron chi connectivity index (χ4n) is 3.94. The van der Waals surface area contributed by atoms with E-state index < -0.39 is 0 Å². The van der Waals surface area contributed by atoms with E-state index in [1.54, 1.807) is 46.1 Å². The lowest BCUT2D eigenvalue weighted by molar-refractivity contribution is 0.0277. The van der Waals surface area contributed by atoms with Crippen LogP contribution in [0.15, 0.2) is 49.1 Å². The lowest BCUT2D eigenvalue weighted by Crippen LogP contribution is -2.31. The lowest BCUT2D eigenvalue weighted by Gasteiger charge is -2.33. The van der Waals surface area contributed by atoms with Crippen LogP contribution in [0.4, 0.5) is 0 Å². The van der Waals surface area contributed by atoms with E-state index in [4.69, 9.17) is 23.7 Å². The summed E-state index contributed by atoms with van der Waals surface area (Å²) in [5, 5.41) is 0. The summed E-state index contributed by atoms with van der Waals surface area (Å²) >= 11 is 0. The number of imidazole rings is 1. The fourth-order valence-corrected chi connectivity index (χ4v) is 3.94. The van der Waals surface area contributed by atoms with E-state index in [0.29, 0.717) is 35.4 Å². The molecule has 2 atom stereocenters. The standard InChI is InChI=1S/C24H24N4O5/c1-14-22(16-5-6-21(31-4)25-10-16)33-23-19(30-3)7-15(8-20(23)32-14)12-28-13-27-18-9-17(29-2)11-26-24(18)28/h5-11,13-14,22H,12H2,1-4H3/t14-,22-/m1/s1. The van der Waals surface area contributed by atoms with Gasteiger partial charge < -0.3 is 28.3 Å². The highest BCUT2D eigenvalue weighted by Gasteiger charge is 2.32. The van der Waals surface area contributed by atoms with Crippen LogP contribution in [0.5, 0.6) is 28.9 Å². The summed E-state index contributed by atoms with van der Waals surface area (Å²) in [4.78, 5) is 13.2. The molecule has 9 heteroatoms. The number of fused-ring (bicyclic) bond motifs is 2. The number of aromatic nitrogens is 4. The van der Waals surface area contributed by atoms with Gasteiger partial charge in [0.05, 0.1) is 40.4 Å². The van der Waals surface area contributed by atoms with Crippen molar-refractivity contribution in [3.05, 3.63) is 60.2 Å². The number of methoxy groups -OCH3 is 3. The monoisotopic (exact) mass is 448 g/mol. The summed E-state index contributed by atoms with van der Waals surface area (Å²) in [5.74, 6) is 3.02. The smallest absolute Gasteiger partial charge is 0.212 e. The summed E-state index contributed by atoms with van der Waals surface area (Å²) < 4.78 is 30.6. The average Bonchev–Trinajstić information content (AvgIpc) is 3.24. The number of pyridine rings is 2. The summed E-state index contributed by atoms with van der Waals surface area (Å²) in [5.41, 5.74) is 3.41. The molecule has 4 heterocycles. The van der Waals surface area contributed by atoms with Crippen LogP contribution in [0, 0.1) is 0 Å². The third kappa shape index (κ3) is 3.86. The number of hydrogen-bond acceptors (Lipinski definition) is 8. The van der Waals surface area contributed by atoms with Crippen molar-refractivity contribution in [2.45, 2.75) is 25.7 Å². The zero-order chi connectivity index (χ0) is 22.9. The predicted molar refractivity (Wildman–Crippen MR) is 120 cm³/mol. The van der Waals surface area contributed by atoms with Crippen LogP contribution >= 0.6 is 0 Å². The maximum atomic E-state index is 6.34. The van der Waals surface area contributed by atoms with Gasteiger partial charge in [0.25, 0.3) is 0 Å². The maximum absolute atomic E-state index is 6.34. The molecule has 1 aliphatic rings. The van der Waals surface area contributed by atoms with Crippen LogP contribution < -0.4 is 23.7 Å². The Kier molecular flexibility index (Phi) is 5.37. The highest BCUT2D eigenvalue weighted by atomic mass is 16.6. The van der Waals surface area contributed by atoms with Crippen molar-refractivity contribution >= 4 is 11.2 Å². The molecule has 4 aromatic rings. The topological polar surface area (TPSA) is 89.8 Å². The second-order valence-corrected chi connectivity index (χ2v) is 7.71. The Bertz CT molecular complexity index is 1290. The Balaban J connectivity index is 1.44. The van der Waals surface area contributed by atoms with Crippen molar-refractivity contribution in [1.82, 2.24) is 19.5 Å². The normalized spacial score (nSPS) is 17.1. The predicted octanol–water partition coefficient (Wildman–Crippen LogP) is 3.80. The molecule has 0 fully saturated rings. The third-order valence-corrected chi connectivity index (χ3v) is 5.60. The first-order valence-electron chi connectivity index (χ1n) is 10.5. The van der Waals surface area contributed by atoms with Crippen LogP contribution in [0.1, 0.15) is 24.2 Å². The van der Waals surface area contributed by atoms with Crippen molar-refractivity contribution in [1.29, 1.82) is 0 Å². The molecule has 5 rings (SSSR count). The van der Waals surface area contributed by atoms with E-state index in [1.165, 1.54) is 0 Å². The zero-order valence-corrected chi connectivity index (χ0v) is 18.8. The van der Waals surface area contributed by atoms with Crippen LogP contribution in [0.2, 0.25) is 0 Å². The van der Waals surface area contributed by atoms with Gasteiger partial charge in [0.15, 0.2) is 23.3 Å². The molecule has 0 unspecified atom stereocenters. The molecule has 0 saturated carbocycles. The minimum atomic E-state index is -0.326. The average molecular weight is 448 g/mol. The van der Waals surface area contributed by atoms with Gasteiger partial charge in [0, 0.05) is 23.9 Å². The molecule has 0 saturated heterocycles. The first kappa shape index (κ1) is 20.9. The van der Waals surface area contributed by atoms with Crippen molar-refractivity contribution in [2.24, 2.45) is 0 Å². The molecule has 0 bridgehead atoms. The second-order valence-electron chi connectivity index (χ2n) is 7.71. The summed E-state index contributed by atoms with van der Waals surface area (Å²) in [6.07, 6.45) is 4.63. The van der Waals surface area contributed by atoms with Gasteiger partial charge in [-0.3, -0.25) is 0 Å². The number of hydrogen-bond donors (Lipinski definition) is 0. The first-order valence-corrected chi connectivity index (χ1v) is 10.5. The van der Waals surface area contributed by atoms with E-state index in [0.717, 1.165) is 22.3 Å². The third-order valence-electron chi connectivity index (χ3n) is 5.60. The molecule has 0 radical (unpaired) electrons. The molecular weight excluding hydrogens is 424 g/mol. The summed E-state index contributed by atoms with van der Waals surface area (Å²) in [6, 6.07) is 9.50. The van der Waals surface area contributed by atoms with Gasteiger partial charge >= 0.3 is 0 Å². The number of nitrogens with zero attached hydrogens (tertiary/aromatic N) is 4. The highest BCUT2D eigenvalue weighted by molar-refractivity contribution is 5.72. The minimum Gasteiger partial charge on any atom is -0.495 e. The van der Waals surface area contributed by atoms with Gasteiger partial charge in [-0.05, 0) is 30.7 Å². The molecule has 0 N–H and O–H groups in total. The van der Waals surface area contributed by atoms with Crippen molar-refractivity contribution in [3.8, 4) is 28.9 Å². The van der Waals surface area contributed by atoms with E-state index in [2.05, 4.69) is 15.0 Å². The Morgan fingerprint density at radius 1 is 0.939 bits per heavy atom. The quantitative estimate of drug-likeness (QED) is 0.440. The van der Waals surface area contributed by atoms with E-state index >= 15 is 0 Å². The van der Waals surface area contributed by atoms with E-state index in [1.807, 2.05) is 35.8 Å². The Morgan fingerprint density at radius 3 is 2.55 bits per heavy atom. The number of benzene rings is 1. The largest absolute Gasteiger partial charge is 0.495 e. The van der Waals surface area contributed by atoms with Crippen LogP contribution in [-0.4, -0.2) is 47.0 Å². The SMILES string of the molecule is COc1cnc2c(c1)ncn2Cc1cc(OC)c2c(c1)O[C@H](C)[C@H](c1ccc(OC)nc1)O2. The zero-order valence-electron chi connectivity index (χ0n) is 18.8. The fraction of sp³-hybridized carbons (Fsp3) is 0.292. The van der Waals surface area contributed by atoms with Crippen LogP contribution in [0.3, 0.4) is 0 Å². The lowest BCUT2D eigenvalue weighted by atomic mass is 10.0. The van der Waals surface area contributed by atoms with Crippen molar-refractivity contribution in [3.63, 3.8) is 0 Å². The molecule has 170 valence electrons. The van der Waals surface area contributed by atoms with Crippen LogP contribution in [-0.2, 0) is 6.54 Å². The van der Waals surface area contributed by atoms with Crippen molar-refractivity contribution in [2.75, 3.05) is 21.3 Å². The van der Waals surface area contributed by atoms with E-state index in [9.17, 15) is 0 Å². The Labute approximate surface area is 190 Å². The van der Waals surface area contributed by atoms with Gasteiger partial charge in [-0.15, -0.1) is 0 Å². The maximum Gasteiger partial charge on any atom is 0.212 e. The number of ether oxygens (including phenoxy) is 5.